The standard InChI is InChI=1S/C15H16BrN3O2/c1-18(2)5-6-21-11-3-4-12-13(8-11)19-9-10(16)7-14(19)15(20)17-12/h3-4,7-9H,5-6H2,1-2H3,(H,17,20). The number of likely N-dealkylation sites (N-methyl/N-ethyl adjacent to an activating group) is 1. The fraction of sp³-hybridized carbons (Fsp3) is 0.267. The lowest BCUT2D eigenvalue weighted by Gasteiger charge is -2.11. The zero-order valence-electron chi connectivity index (χ0n) is 11.9. The maximum atomic E-state index is 12.0. The van der Waals surface area contributed by atoms with E-state index >= 15 is 0 Å². The number of H-pyrrole nitrogens is 1. The molecule has 0 aliphatic heterocycles. The fourth-order valence-corrected chi connectivity index (χ4v) is 2.66. The van der Waals surface area contributed by atoms with Gasteiger partial charge >= 0.3 is 0 Å². The van der Waals surface area contributed by atoms with Crippen LogP contribution >= 0.6 is 15.9 Å². The van der Waals surface area contributed by atoms with Crippen molar-refractivity contribution >= 4 is 32.5 Å². The van der Waals surface area contributed by atoms with Gasteiger partial charge in [-0.1, -0.05) is 0 Å². The topological polar surface area (TPSA) is 49.7 Å². The quantitative estimate of drug-likeness (QED) is 0.787. The van der Waals surface area contributed by atoms with Gasteiger partial charge in [0.05, 0.1) is 11.0 Å². The van der Waals surface area contributed by atoms with Gasteiger partial charge in [-0.05, 0) is 48.2 Å². The van der Waals surface area contributed by atoms with Crippen LogP contribution in [0.4, 0.5) is 0 Å². The van der Waals surface area contributed by atoms with E-state index in [1.807, 2.05) is 42.9 Å². The zero-order chi connectivity index (χ0) is 15.0. The van der Waals surface area contributed by atoms with Crippen LogP contribution in [0.15, 0.2) is 39.7 Å². The summed E-state index contributed by atoms with van der Waals surface area (Å²) in [6.45, 7) is 1.48. The molecular formula is C15H16BrN3O2. The van der Waals surface area contributed by atoms with Crippen LogP contribution in [0.5, 0.6) is 5.75 Å². The van der Waals surface area contributed by atoms with Crippen molar-refractivity contribution < 1.29 is 4.74 Å². The molecule has 0 aliphatic rings. The maximum Gasteiger partial charge on any atom is 0.272 e. The molecule has 5 nitrogen and oxygen atoms in total. The van der Waals surface area contributed by atoms with Crippen LogP contribution in [0.3, 0.4) is 0 Å². The number of aromatic nitrogens is 2. The summed E-state index contributed by atoms with van der Waals surface area (Å²) in [5, 5.41) is 0. The maximum absolute atomic E-state index is 12.0. The van der Waals surface area contributed by atoms with Gasteiger partial charge in [-0.15, -0.1) is 0 Å². The van der Waals surface area contributed by atoms with Crippen LogP contribution in [0.25, 0.3) is 16.6 Å². The number of aromatic amines is 1. The van der Waals surface area contributed by atoms with Crippen LogP contribution in [-0.2, 0) is 0 Å². The number of ether oxygens (including phenoxy) is 1. The second-order valence-electron chi connectivity index (χ2n) is 5.20. The van der Waals surface area contributed by atoms with Crippen molar-refractivity contribution in [3.63, 3.8) is 0 Å². The number of nitrogens with zero attached hydrogens (tertiary/aromatic N) is 2. The molecule has 1 N–H and O–H groups in total. The minimum absolute atomic E-state index is 0.102. The van der Waals surface area contributed by atoms with Crippen molar-refractivity contribution in [1.82, 2.24) is 14.3 Å². The number of fused-ring (bicyclic) bond motifs is 3. The molecule has 6 heteroatoms. The van der Waals surface area contributed by atoms with Gasteiger partial charge in [0, 0.05) is 23.3 Å². The molecule has 0 bridgehead atoms. The van der Waals surface area contributed by atoms with Gasteiger partial charge in [-0.25, -0.2) is 0 Å². The smallest absolute Gasteiger partial charge is 0.272 e. The van der Waals surface area contributed by atoms with Gasteiger partial charge in [0.2, 0.25) is 0 Å². The van der Waals surface area contributed by atoms with Crippen LogP contribution in [-0.4, -0.2) is 41.5 Å². The molecule has 3 aromatic rings. The van der Waals surface area contributed by atoms with E-state index in [0.29, 0.717) is 12.1 Å². The van der Waals surface area contributed by atoms with Crippen LogP contribution in [0.1, 0.15) is 0 Å². The number of nitrogens with one attached hydrogen (secondary N) is 1. The first-order chi connectivity index (χ1) is 10.0. The predicted octanol–water partition coefficient (Wildman–Crippen LogP) is 2.48. The van der Waals surface area contributed by atoms with Crippen molar-refractivity contribution in [3.8, 4) is 5.75 Å². The summed E-state index contributed by atoms with van der Waals surface area (Å²) in [4.78, 5) is 17.0. The van der Waals surface area contributed by atoms with E-state index in [1.165, 1.54) is 0 Å². The monoisotopic (exact) mass is 349 g/mol. The first-order valence-electron chi connectivity index (χ1n) is 6.66. The molecule has 0 saturated heterocycles. The highest BCUT2D eigenvalue weighted by atomic mass is 79.9. The van der Waals surface area contributed by atoms with E-state index in [-0.39, 0.29) is 5.56 Å². The van der Waals surface area contributed by atoms with E-state index in [9.17, 15) is 4.79 Å². The van der Waals surface area contributed by atoms with E-state index < -0.39 is 0 Å². The van der Waals surface area contributed by atoms with Crippen molar-refractivity contribution in [2.75, 3.05) is 27.2 Å². The summed E-state index contributed by atoms with van der Waals surface area (Å²) in [7, 11) is 4.02. The highest BCUT2D eigenvalue weighted by Crippen LogP contribution is 2.22. The molecule has 0 atom stereocenters. The number of benzene rings is 1. The normalized spacial score (nSPS) is 11.6. The molecule has 0 spiro atoms. The van der Waals surface area contributed by atoms with E-state index in [2.05, 4.69) is 25.8 Å². The van der Waals surface area contributed by atoms with Crippen molar-refractivity contribution in [1.29, 1.82) is 0 Å². The van der Waals surface area contributed by atoms with Crippen molar-refractivity contribution in [2.45, 2.75) is 0 Å². The Balaban J connectivity index is 2.05. The molecule has 21 heavy (non-hydrogen) atoms. The summed E-state index contributed by atoms with van der Waals surface area (Å²) >= 11 is 3.41. The van der Waals surface area contributed by atoms with E-state index in [4.69, 9.17) is 4.74 Å². The number of halogens is 1. The van der Waals surface area contributed by atoms with Gasteiger partial charge < -0.3 is 19.0 Å². The Hall–Kier alpha value is -1.79. The molecule has 0 aliphatic carbocycles. The zero-order valence-corrected chi connectivity index (χ0v) is 13.5. The largest absolute Gasteiger partial charge is 0.492 e. The molecule has 0 unspecified atom stereocenters. The lowest BCUT2D eigenvalue weighted by atomic mass is 10.2. The number of hydrogen-bond donors (Lipinski definition) is 1. The highest BCUT2D eigenvalue weighted by molar-refractivity contribution is 9.10. The highest BCUT2D eigenvalue weighted by Gasteiger charge is 2.07. The van der Waals surface area contributed by atoms with Crippen molar-refractivity contribution in [2.24, 2.45) is 0 Å². The molecule has 110 valence electrons. The third-order valence-electron chi connectivity index (χ3n) is 3.30. The Kier molecular flexibility index (Phi) is 3.73. The van der Waals surface area contributed by atoms with Crippen LogP contribution < -0.4 is 10.3 Å². The SMILES string of the molecule is CN(C)CCOc1ccc2[nH]c(=O)c3cc(Br)cn3c2c1. The third-order valence-corrected chi connectivity index (χ3v) is 3.74. The Morgan fingerprint density at radius 2 is 2.10 bits per heavy atom. The average Bonchev–Trinajstić information content (AvgIpc) is 2.82. The molecule has 0 fully saturated rings. The molecule has 0 amide bonds. The Labute approximate surface area is 130 Å². The summed E-state index contributed by atoms with van der Waals surface area (Å²) in [5.41, 5.74) is 2.21. The second kappa shape index (κ2) is 5.54. The Bertz CT molecular complexity index is 851. The summed E-state index contributed by atoms with van der Waals surface area (Å²) in [5.74, 6) is 0.794. The van der Waals surface area contributed by atoms with Gasteiger partial charge in [0.15, 0.2) is 0 Å². The second-order valence-corrected chi connectivity index (χ2v) is 6.11. The lowest BCUT2D eigenvalue weighted by molar-refractivity contribution is 0.261. The van der Waals surface area contributed by atoms with Gasteiger partial charge in [0.25, 0.3) is 5.56 Å². The van der Waals surface area contributed by atoms with Crippen LogP contribution in [0.2, 0.25) is 0 Å². The molecule has 2 aromatic heterocycles. The predicted molar refractivity (Wildman–Crippen MR) is 87.3 cm³/mol. The Morgan fingerprint density at radius 1 is 1.29 bits per heavy atom. The summed E-state index contributed by atoms with van der Waals surface area (Å²) in [6.07, 6.45) is 1.89. The van der Waals surface area contributed by atoms with Gasteiger partial charge in [-0.3, -0.25) is 4.79 Å². The molecule has 2 heterocycles. The number of rotatable bonds is 4. The minimum Gasteiger partial charge on any atom is -0.492 e. The summed E-state index contributed by atoms with van der Waals surface area (Å²) < 4.78 is 8.50. The molecule has 0 saturated carbocycles. The molecular weight excluding hydrogens is 334 g/mol. The first-order valence-corrected chi connectivity index (χ1v) is 7.45. The van der Waals surface area contributed by atoms with Crippen LogP contribution in [0, 0.1) is 0 Å². The summed E-state index contributed by atoms with van der Waals surface area (Å²) in [6, 6.07) is 7.49. The Morgan fingerprint density at radius 3 is 2.86 bits per heavy atom. The average molecular weight is 350 g/mol. The van der Waals surface area contributed by atoms with E-state index in [0.717, 1.165) is 27.8 Å². The lowest BCUT2D eigenvalue weighted by Crippen LogP contribution is -2.19. The van der Waals surface area contributed by atoms with Gasteiger partial charge in [-0.2, -0.15) is 0 Å². The molecule has 3 rings (SSSR count). The van der Waals surface area contributed by atoms with Crippen molar-refractivity contribution in [3.05, 3.63) is 45.3 Å². The van der Waals surface area contributed by atoms with E-state index in [1.54, 1.807) is 6.07 Å². The van der Waals surface area contributed by atoms with Gasteiger partial charge in [0.1, 0.15) is 17.9 Å². The number of hydrogen-bond acceptors (Lipinski definition) is 3. The fourth-order valence-electron chi connectivity index (χ4n) is 2.24. The molecule has 1 aromatic carbocycles. The minimum atomic E-state index is -0.102. The first kappa shape index (κ1) is 14.2. The molecule has 0 radical (unpaired) electrons. The third kappa shape index (κ3) is 2.82.